The SMILES string of the molecule is O=C([C@@H]1CCCN1)N(C(=O)[C@@H]1CCCN1)C(=O)[C@@H]1CCCN1. The third kappa shape index (κ3) is 3.06. The van der Waals surface area contributed by atoms with Crippen molar-refractivity contribution < 1.29 is 14.4 Å². The molecule has 22 heavy (non-hydrogen) atoms. The van der Waals surface area contributed by atoms with Gasteiger partial charge in [-0.15, -0.1) is 0 Å². The molecular formula is C15H24N4O3. The van der Waals surface area contributed by atoms with Gasteiger partial charge in [0.1, 0.15) is 0 Å². The van der Waals surface area contributed by atoms with Crippen LogP contribution < -0.4 is 16.0 Å². The minimum Gasteiger partial charge on any atom is -0.306 e. The van der Waals surface area contributed by atoms with Gasteiger partial charge in [-0.1, -0.05) is 0 Å². The second-order valence-electron chi connectivity index (χ2n) is 6.30. The molecule has 3 saturated heterocycles. The molecule has 3 heterocycles. The molecule has 0 saturated carbocycles. The Morgan fingerprint density at radius 2 is 0.955 bits per heavy atom. The normalized spacial score (nSPS) is 31.4. The zero-order valence-corrected chi connectivity index (χ0v) is 12.8. The molecule has 0 bridgehead atoms. The van der Waals surface area contributed by atoms with Crippen molar-refractivity contribution in [2.75, 3.05) is 19.6 Å². The van der Waals surface area contributed by atoms with Gasteiger partial charge in [0.15, 0.2) is 0 Å². The first-order chi connectivity index (χ1) is 10.7. The van der Waals surface area contributed by atoms with Gasteiger partial charge in [0.2, 0.25) is 0 Å². The zero-order chi connectivity index (χ0) is 15.5. The van der Waals surface area contributed by atoms with Crippen molar-refractivity contribution >= 4 is 17.7 Å². The Bertz CT molecular complexity index is 383. The van der Waals surface area contributed by atoms with Crippen LogP contribution in [0.1, 0.15) is 38.5 Å². The first kappa shape index (κ1) is 15.6. The number of hydrogen-bond acceptors (Lipinski definition) is 6. The predicted octanol–water partition coefficient (Wildman–Crippen LogP) is -0.876. The molecule has 7 heteroatoms. The van der Waals surface area contributed by atoms with Crippen molar-refractivity contribution in [1.82, 2.24) is 20.9 Å². The molecule has 3 aliphatic heterocycles. The first-order valence-electron chi connectivity index (χ1n) is 8.30. The lowest BCUT2D eigenvalue weighted by Gasteiger charge is -2.27. The van der Waals surface area contributed by atoms with Crippen LogP contribution in [0.5, 0.6) is 0 Å². The summed E-state index contributed by atoms with van der Waals surface area (Å²) in [5, 5.41) is 9.27. The summed E-state index contributed by atoms with van der Waals surface area (Å²) in [6.07, 6.45) is 4.76. The molecule has 0 aromatic rings. The van der Waals surface area contributed by atoms with E-state index in [-0.39, 0.29) is 17.7 Å². The molecule has 3 aliphatic rings. The van der Waals surface area contributed by atoms with Gasteiger partial charge in [0.05, 0.1) is 18.1 Å². The number of amides is 3. The highest BCUT2D eigenvalue weighted by molar-refractivity contribution is 6.15. The van der Waals surface area contributed by atoms with Crippen LogP contribution in [0.3, 0.4) is 0 Å². The second-order valence-corrected chi connectivity index (χ2v) is 6.30. The largest absolute Gasteiger partial charge is 0.306 e. The van der Waals surface area contributed by atoms with Crippen LogP contribution in [0, 0.1) is 0 Å². The Hall–Kier alpha value is -1.31. The monoisotopic (exact) mass is 308 g/mol. The van der Waals surface area contributed by atoms with E-state index < -0.39 is 18.1 Å². The summed E-state index contributed by atoms with van der Waals surface area (Å²) in [5.74, 6) is -1.14. The smallest absolute Gasteiger partial charge is 0.253 e. The summed E-state index contributed by atoms with van der Waals surface area (Å²) >= 11 is 0. The standard InChI is InChI=1S/C15H24N4O3/c20-13(10-4-1-7-16-10)19(14(21)11-5-2-8-17-11)15(22)12-6-3-9-18-12/h10-12,16-18H,1-9H2/t10-,11-,12-/m0/s1. The molecule has 0 radical (unpaired) electrons. The number of nitrogens with one attached hydrogen (secondary N) is 3. The van der Waals surface area contributed by atoms with E-state index in [1.54, 1.807) is 0 Å². The molecule has 0 unspecified atom stereocenters. The average Bonchev–Trinajstić information content (AvgIpc) is 3.29. The fourth-order valence-electron chi connectivity index (χ4n) is 3.48. The third-order valence-corrected chi connectivity index (χ3v) is 4.74. The van der Waals surface area contributed by atoms with Gasteiger partial charge < -0.3 is 16.0 Å². The number of carbonyl (C=O) groups excluding carboxylic acids is 3. The molecule has 3 fully saturated rings. The highest BCUT2D eigenvalue weighted by atomic mass is 16.2. The number of nitrogens with zero attached hydrogens (tertiary/aromatic N) is 1. The highest BCUT2D eigenvalue weighted by Crippen LogP contribution is 2.17. The highest BCUT2D eigenvalue weighted by Gasteiger charge is 2.41. The molecule has 3 atom stereocenters. The van der Waals surface area contributed by atoms with E-state index >= 15 is 0 Å². The van der Waals surface area contributed by atoms with Gasteiger partial charge >= 0.3 is 0 Å². The van der Waals surface area contributed by atoms with E-state index in [1.165, 1.54) is 0 Å². The quantitative estimate of drug-likeness (QED) is 0.587. The molecule has 3 rings (SSSR count). The van der Waals surface area contributed by atoms with Crippen molar-refractivity contribution in [1.29, 1.82) is 0 Å². The molecular weight excluding hydrogens is 284 g/mol. The zero-order valence-electron chi connectivity index (χ0n) is 12.8. The number of imide groups is 3. The number of hydrogen-bond donors (Lipinski definition) is 3. The predicted molar refractivity (Wildman–Crippen MR) is 79.9 cm³/mol. The molecule has 0 aliphatic carbocycles. The summed E-state index contributed by atoms with van der Waals surface area (Å²) in [6, 6.07) is -1.22. The number of rotatable bonds is 3. The lowest BCUT2D eigenvalue weighted by atomic mass is 10.1. The summed E-state index contributed by atoms with van der Waals surface area (Å²) in [7, 11) is 0. The van der Waals surface area contributed by atoms with E-state index in [1.807, 2.05) is 0 Å². The summed E-state index contributed by atoms with van der Waals surface area (Å²) < 4.78 is 0. The van der Waals surface area contributed by atoms with Gasteiger partial charge in [0, 0.05) is 0 Å². The molecule has 7 nitrogen and oxygen atoms in total. The maximum atomic E-state index is 12.7. The van der Waals surface area contributed by atoms with E-state index in [2.05, 4.69) is 16.0 Å². The lowest BCUT2D eigenvalue weighted by Crippen LogP contribution is -2.58. The number of carbonyl (C=O) groups is 3. The van der Waals surface area contributed by atoms with E-state index in [0.717, 1.165) is 43.8 Å². The van der Waals surface area contributed by atoms with Gasteiger partial charge in [-0.25, -0.2) is 4.90 Å². The Morgan fingerprint density at radius 3 is 1.18 bits per heavy atom. The molecule has 3 amide bonds. The van der Waals surface area contributed by atoms with Gasteiger partial charge in [0.25, 0.3) is 17.7 Å². The Labute approximate surface area is 130 Å². The van der Waals surface area contributed by atoms with Crippen LogP contribution in [0.4, 0.5) is 0 Å². The van der Waals surface area contributed by atoms with E-state index in [4.69, 9.17) is 0 Å². The molecule has 3 N–H and O–H groups in total. The van der Waals surface area contributed by atoms with Crippen molar-refractivity contribution in [2.24, 2.45) is 0 Å². The molecule has 0 aromatic carbocycles. The van der Waals surface area contributed by atoms with Gasteiger partial charge in [-0.05, 0) is 58.2 Å². The fraction of sp³-hybridized carbons (Fsp3) is 0.800. The summed E-state index contributed by atoms with van der Waals surface area (Å²) in [4.78, 5) is 39.0. The topological polar surface area (TPSA) is 90.5 Å². The lowest BCUT2D eigenvalue weighted by molar-refractivity contribution is -0.156. The Kier molecular flexibility index (Phi) is 4.85. The van der Waals surface area contributed by atoms with Crippen LogP contribution in [0.2, 0.25) is 0 Å². The average molecular weight is 308 g/mol. The van der Waals surface area contributed by atoms with Crippen LogP contribution in [0.25, 0.3) is 0 Å². The van der Waals surface area contributed by atoms with Gasteiger partial charge in [-0.2, -0.15) is 0 Å². The van der Waals surface area contributed by atoms with Crippen LogP contribution in [-0.4, -0.2) is 60.4 Å². The van der Waals surface area contributed by atoms with Crippen molar-refractivity contribution in [2.45, 2.75) is 56.7 Å². The second kappa shape index (κ2) is 6.85. The van der Waals surface area contributed by atoms with Crippen molar-refractivity contribution in [3.8, 4) is 0 Å². The molecule has 0 aromatic heterocycles. The minimum absolute atomic E-state index is 0.380. The van der Waals surface area contributed by atoms with Crippen molar-refractivity contribution in [3.05, 3.63) is 0 Å². The molecule has 122 valence electrons. The maximum Gasteiger partial charge on any atom is 0.253 e. The van der Waals surface area contributed by atoms with Crippen LogP contribution in [-0.2, 0) is 14.4 Å². The summed E-state index contributed by atoms with van der Waals surface area (Å²) in [5.41, 5.74) is 0. The maximum absolute atomic E-state index is 12.7. The van der Waals surface area contributed by atoms with Crippen LogP contribution in [0.15, 0.2) is 0 Å². The third-order valence-electron chi connectivity index (χ3n) is 4.74. The van der Waals surface area contributed by atoms with Crippen molar-refractivity contribution in [3.63, 3.8) is 0 Å². The van der Waals surface area contributed by atoms with Gasteiger partial charge in [-0.3, -0.25) is 14.4 Å². The van der Waals surface area contributed by atoms with E-state index in [0.29, 0.717) is 19.3 Å². The fourth-order valence-corrected chi connectivity index (χ4v) is 3.48. The molecule has 0 spiro atoms. The Balaban J connectivity index is 1.78. The Morgan fingerprint density at radius 1 is 0.636 bits per heavy atom. The minimum atomic E-state index is -0.407. The van der Waals surface area contributed by atoms with Crippen LogP contribution >= 0.6 is 0 Å². The summed E-state index contributed by atoms with van der Waals surface area (Å²) in [6.45, 7) is 2.28. The first-order valence-corrected chi connectivity index (χ1v) is 8.30. The van der Waals surface area contributed by atoms with E-state index in [9.17, 15) is 14.4 Å².